The van der Waals surface area contributed by atoms with E-state index in [0.29, 0.717) is 5.56 Å². The number of hydrogen-bond acceptors (Lipinski definition) is 3. The standard InChI is InChI=1S/C13H10F3N2O2/c14-13(15,16)20-12-9-18(7-6-17-12)8-11(19)10-4-2-1-3-5-10/h1-7,9H,8H2/q+1. The number of benzene rings is 1. The van der Waals surface area contributed by atoms with Gasteiger partial charge in [-0.3, -0.25) is 4.79 Å². The molecule has 7 heteroatoms. The van der Waals surface area contributed by atoms with Crippen molar-refractivity contribution in [2.45, 2.75) is 12.9 Å². The van der Waals surface area contributed by atoms with E-state index in [1.807, 2.05) is 0 Å². The Balaban J connectivity index is 2.10. The summed E-state index contributed by atoms with van der Waals surface area (Å²) >= 11 is 0. The Kier molecular flexibility index (Phi) is 3.97. The first-order valence-corrected chi connectivity index (χ1v) is 5.63. The molecule has 20 heavy (non-hydrogen) atoms. The monoisotopic (exact) mass is 283 g/mol. The largest absolute Gasteiger partial charge is 0.574 e. The van der Waals surface area contributed by atoms with Crippen LogP contribution in [0, 0.1) is 0 Å². The molecule has 0 aliphatic rings. The molecule has 0 saturated heterocycles. The molecule has 0 atom stereocenters. The second-order valence-corrected chi connectivity index (χ2v) is 3.90. The van der Waals surface area contributed by atoms with Crippen LogP contribution >= 0.6 is 0 Å². The van der Waals surface area contributed by atoms with Crippen LogP contribution in [0.2, 0.25) is 0 Å². The second-order valence-electron chi connectivity index (χ2n) is 3.90. The third kappa shape index (κ3) is 4.04. The number of rotatable bonds is 4. The zero-order valence-electron chi connectivity index (χ0n) is 10.2. The molecule has 0 spiro atoms. The molecule has 0 N–H and O–H groups in total. The van der Waals surface area contributed by atoms with E-state index >= 15 is 0 Å². The van der Waals surface area contributed by atoms with Gasteiger partial charge in [0.15, 0.2) is 6.20 Å². The van der Waals surface area contributed by atoms with Crippen LogP contribution in [0.15, 0.2) is 48.9 Å². The number of ether oxygens (including phenoxy) is 1. The Labute approximate surface area is 112 Å². The highest BCUT2D eigenvalue weighted by Gasteiger charge is 2.32. The van der Waals surface area contributed by atoms with E-state index in [2.05, 4.69) is 9.72 Å². The predicted octanol–water partition coefficient (Wildman–Crippen LogP) is 2.15. The Morgan fingerprint density at radius 1 is 1.25 bits per heavy atom. The minimum absolute atomic E-state index is 0.0965. The normalized spacial score (nSPS) is 11.2. The third-order valence-electron chi connectivity index (χ3n) is 2.38. The van der Waals surface area contributed by atoms with Gasteiger partial charge >= 0.3 is 6.36 Å². The van der Waals surface area contributed by atoms with E-state index in [1.54, 1.807) is 30.3 Å². The number of halogens is 3. The van der Waals surface area contributed by atoms with Crippen molar-refractivity contribution in [2.75, 3.05) is 0 Å². The highest BCUT2D eigenvalue weighted by molar-refractivity contribution is 5.94. The molecule has 2 rings (SSSR count). The lowest BCUT2D eigenvalue weighted by atomic mass is 10.1. The maximum absolute atomic E-state index is 12.1. The number of alkyl halides is 3. The van der Waals surface area contributed by atoms with Crippen molar-refractivity contribution in [2.24, 2.45) is 0 Å². The summed E-state index contributed by atoms with van der Waals surface area (Å²) in [6, 6.07) is 8.46. The summed E-state index contributed by atoms with van der Waals surface area (Å²) in [6.07, 6.45) is -1.26. The van der Waals surface area contributed by atoms with Crippen LogP contribution in [0.5, 0.6) is 5.88 Å². The van der Waals surface area contributed by atoms with Crippen LogP contribution in [0.25, 0.3) is 0 Å². The molecule has 1 heterocycles. The van der Waals surface area contributed by atoms with E-state index < -0.39 is 12.2 Å². The summed E-state index contributed by atoms with van der Waals surface area (Å²) in [5.41, 5.74) is 0.482. The highest BCUT2D eigenvalue weighted by Crippen LogP contribution is 2.18. The van der Waals surface area contributed by atoms with Gasteiger partial charge in [-0.1, -0.05) is 30.3 Å². The minimum Gasteiger partial charge on any atom is -0.382 e. The Bertz CT molecular complexity index is 600. The van der Waals surface area contributed by atoms with Crippen molar-refractivity contribution in [1.82, 2.24) is 4.98 Å². The summed E-state index contributed by atoms with van der Waals surface area (Å²) in [7, 11) is 0. The Morgan fingerprint density at radius 3 is 2.60 bits per heavy atom. The zero-order valence-corrected chi connectivity index (χ0v) is 10.2. The number of ketones is 1. The number of carbonyl (C=O) groups excluding carboxylic acids is 1. The maximum Gasteiger partial charge on any atom is 0.574 e. The molecule has 1 aromatic carbocycles. The summed E-state index contributed by atoms with van der Waals surface area (Å²) in [6.45, 7) is -0.0965. The van der Waals surface area contributed by atoms with E-state index in [4.69, 9.17) is 0 Å². The predicted molar refractivity (Wildman–Crippen MR) is 61.9 cm³/mol. The maximum atomic E-state index is 12.1. The lowest BCUT2D eigenvalue weighted by Crippen LogP contribution is -2.38. The second kappa shape index (κ2) is 5.68. The van der Waals surface area contributed by atoms with Gasteiger partial charge in [0.2, 0.25) is 18.5 Å². The molecule has 0 radical (unpaired) electrons. The van der Waals surface area contributed by atoms with Crippen molar-refractivity contribution in [3.05, 3.63) is 54.5 Å². The molecule has 2 aromatic rings. The van der Waals surface area contributed by atoms with Crippen molar-refractivity contribution < 1.29 is 27.3 Å². The van der Waals surface area contributed by atoms with Gasteiger partial charge in [0.05, 0.1) is 6.20 Å². The molecule has 0 unspecified atom stereocenters. The quantitative estimate of drug-likeness (QED) is 0.638. The molecule has 0 aliphatic heterocycles. The molecule has 0 saturated carbocycles. The fraction of sp³-hybridized carbons (Fsp3) is 0.154. The van der Waals surface area contributed by atoms with Crippen LogP contribution in [0.3, 0.4) is 0 Å². The molecule has 1 aromatic heterocycles. The summed E-state index contributed by atoms with van der Waals surface area (Å²) in [5, 5.41) is 0. The minimum atomic E-state index is -4.81. The van der Waals surface area contributed by atoms with Gasteiger partial charge in [-0.15, -0.1) is 13.2 Å². The zero-order chi connectivity index (χ0) is 14.6. The van der Waals surface area contributed by atoms with Gasteiger partial charge in [-0.05, 0) is 0 Å². The van der Waals surface area contributed by atoms with E-state index in [0.717, 1.165) is 12.4 Å². The number of aromatic nitrogens is 2. The van der Waals surface area contributed by atoms with Crippen molar-refractivity contribution >= 4 is 5.78 Å². The molecule has 0 bridgehead atoms. The average molecular weight is 283 g/mol. The van der Waals surface area contributed by atoms with E-state index in [1.165, 1.54) is 10.8 Å². The van der Waals surface area contributed by atoms with Crippen LogP contribution < -0.4 is 9.30 Å². The Morgan fingerprint density at radius 2 is 1.95 bits per heavy atom. The number of hydrogen-bond donors (Lipinski definition) is 0. The Hall–Kier alpha value is -2.44. The number of nitrogens with zero attached hydrogens (tertiary/aromatic N) is 2. The third-order valence-corrected chi connectivity index (χ3v) is 2.38. The lowest BCUT2D eigenvalue weighted by molar-refractivity contribution is -0.684. The van der Waals surface area contributed by atoms with Gasteiger partial charge in [0.25, 0.3) is 5.88 Å². The van der Waals surface area contributed by atoms with Crippen molar-refractivity contribution in [3.63, 3.8) is 0 Å². The first kappa shape index (κ1) is 14.0. The molecular weight excluding hydrogens is 273 g/mol. The molecule has 0 aliphatic carbocycles. The molecule has 4 nitrogen and oxygen atoms in total. The first-order chi connectivity index (χ1) is 9.44. The van der Waals surface area contributed by atoms with Crippen LogP contribution in [0.1, 0.15) is 10.4 Å². The summed E-state index contributed by atoms with van der Waals surface area (Å²) in [5.74, 6) is -0.833. The van der Waals surface area contributed by atoms with Crippen molar-refractivity contribution in [1.29, 1.82) is 0 Å². The highest BCUT2D eigenvalue weighted by atomic mass is 19.4. The van der Waals surface area contributed by atoms with Crippen molar-refractivity contribution in [3.8, 4) is 5.88 Å². The number of Topliss-reactive ketones (excluding diaryl/α,β-unsaturated/α-hetero) is 1. The van der Waals surface area contributed by atoms with E-state index in [-0.39, 0.29) is 12.3 Å². The van der Waals surface area contributed by atoms with Gasteiger partial charge < -0.3 is 4.74 Å². The molecule has 0 amide bonds. The lowest BCUT2D eigenvalue weighted by Gasteiger charge is -2.06. The molecular formula is C13H10F3N2O2+. The van der Waals surface area contributed by atoms with Crippen LogP contribution in [0.4, 0.5) is 13.2 Å². The topological polar surface area (TPSA) is 43.1 Å². The van der Waals surface area contributed by atoms with Gasteiger partial charge in [-0.2, -0.15) is 4.57 Å². The fourth-order valence-corrected chi connectivity index (χ4v) is 1.56. The number of carbonyl (C=O) groups is 1. The fourth-order valence-electron chi connectivity index (χ4n) is 1.56. The summed E-state index contributed by atoms with van der Waals surface area (Å²) < 4.78 is 41.2. The smallest absolute Gasteiger partial charge is 0.382 e. The van der Waals surface area contributed by atoms with E-state index in [9.17, 15) is 18.0 Å². The van der Waals surface area contributed by atoms with Crippen LogP contribution in [-0.2, 0) is 6.54 Å². The van der Waals surface area contributed by atoms with Gasteiger partial charge in [0, 0.05) is 5.56 Å². The average Bonchev–Trinajstić information content (AvgIpc) is 2.38. The SMILES string of the molecule is O=C(C[n+]1ccnc(OC(F)(F)F)c1)c1ccccc1. The molecule has 0 fully saturated rings. The first-order valence-electron chi connectivity index (χ1n) is 5.63. The molecule has 104 valence electrons. The van der Waals surface area contributed by atoms with Gasteiger partial charge in [-0.25, -0.2) is 4.98 Å². The van der Waals surface area contributed by atoms with Crippen LogP contribution in [-0.4, -0.2) is 17.1 Å². The van der Waals surface area contributed by atoms with Gasteiger partial charge in [0.1, 0.15) is 0 Å². The summed E-state index contributed by atoms with van der Waals surface area (Å²) in [4.78, 5) is 15.3.